The van der Waals surface area contributed by atoms with Crippen molar-refractivity contribution in [1.82, 2.24) is 4.98 Å². The van der Waals surface area contributed by atoms with Crippen molar-refractivity contribution >= 4 is 17.1 Å². The van der Waals surface area contributed by atoms with Crippen molar-refractivity contribution in [3.05, 3.63) is 53.1 Å². The van der Waals surface area contributed by atoms with Crippen LogP contribution in [0.25, 0.3) is 22.6 Å². The molecule has 23 heavy (non-hydrogen) atoms. The highest BCUT2D eigenvalue weighted by Gasteiger charge is 2.18. The molecule has 3 aromatic rings. The van der Waals surface area contributed by atoms with Crippen molar-refractivity contribution in [2.24, 2.45) is 0 Å². The second-order valence-corrected chi connectivity index (χ2v) is 5.94. The van der Waals surface area contributed by atoms with Gasteiger partial charge in [0.2, 0.25) is 5.89 Å². The van der Waals surface area contributed by atoms with Crippen LogP contribution < -0.4 is 0 Å². The van der Waals surface area contributed by atoms with Crippen molar-refractivity contribution in [3.8, 4) is 11.5 Å². The van der Waals surface area contributed by atoms with Crippen molar-refractivity contribution in [1.29, 1.82) is 0 Å². The van der Waals surface area contributed by atoms with Gasteiger partial charge in [0.05, 0.1) is 11.1 Å². The second-order valence-electron chi connectivity index (χ2n) is 5.94. The number of fused-ring (bicyclic) bond motifs is 1. The zero-order chi connectivity index (χ0) is 16.6. The van der Waals surface area contributed by atoms with E-state index in [-0.39, 0.29) is 11.5 Å². The van der Waals surface area contributed by atoms with Crippen molar-refractivity contribution in [2.75, 3.05) is 0 Å². The van der Waals surface area contributed by atoms with Gasteiger partial charge in [0.15, 0.2) is 5.58 Å². The molecule has 0 fully saturated rings. The number of aryl methyl sites for hydroxylation is 1. The maximum Gasteiger partial charge on any atom is 0.336 e. The maximum atomic E-state index is 11.6. The van der Waals surface area contributed by atoms with Gasteiger partial charge in [-0.05, 0) is 47.7 Å². The quantitative estimate of drug-likeness (QED) is 0.746. The lowest BCUT2D eigenvalue weighted by molar-refractivity contribution is 0.0697. The van der Waals surface area contributed by atoms with Crippen LogP contribution in [0, 0.1) is 0 Å². The van der Waals surface area contributed by atoms with Gasteiger partial charge in [-0.15, -0.1) is 0 Å². The fourth-order valence-electron chi connectivity index (χ4n) is 2.59. The number of aromatic carboxylic acids is 1. The first-order chi connectivity index (χ1) is 11.0. The van der Waals surface area contributed by atoms with Crippen LogP contribution in [0.3, 0.4) is 0 Å². The number of carbonyl (C=O) groups is 1. The standard InChI is InChI=1S/C19H19NO3/c1-4-12-5-8-17-16(9-12)20-18(23-17)14-7-6-13(11(2)3)10-15(14)19(21)22/h5-11H,4H2,1-3H3,(H,21,22). The van der Waals surface area contributed by atoms with Gasteiger partial charge in [0.25, 0.3) is 0 Å². The van der Waals surface area contributed by atoms with Crippen LogP contribution in [-0.4, -0.2) is 16.1 Å². The molecule has 0 saturated carbocycles. The topological polar surface area (TPSA) is 63.3 Å². The fourth-order valence-corrected chi connectivity index (χ4v) is 2.59. The lowest BCUT2D eigenvalue weighted by Gasteiger charge is -2.08. The fraction of sp³-hybridized carbons (Fsp3) is 0.263. The monoisotopic (exact) mass is 309 g/mol. The Morgan fingerprint density at radius 2 is 2.00 bits per heavy atom. The number of hydrogen-bond acceptors (Lipinski definition) is 3. The molecule has 0 amide bonds. The average molecular weight is 309 g/mol. The van der Waals surface area contributed by atoms with Crippen LogP contribution in [-0.2, 0) is 6.42 Å². The molecule has 1 N–H and O–H groups in total. The molecule has 0 aliphatic rings. The van der Waals surface area contributed by atoms with Crippen molar-refractivity contribution in [3.63, 3.8) is 0 Å². The van der Waals surface area contributed by atoms with Crippen LogP contribution in [0.4, 0.5) is 0 Å². The van der Waals surface area contributed by atoms with E-state index in [9.17, 15) is 9.90 Å². The second kappa shape index (κ2) is 5.88. The molecule has 3 rings (SSSR count). The summed E-state index contributed by atoms with van der Waals surface area (Å²) in [4.78, 5) is 16.1. The first kappa shape index (κ1) is 15.3. The normalized spacial score (nSPS) is 11.3. The number of oxazole rings is 1. The van der Waals surface area contributed by atoms with Gasteiger partial charge in [0, 0.05) is 0 Å². The molecular weight excluding hydrogens is 290 g/mol. The third-order valence-electron chi connectivity index (χ3n) is 4.03. The Morgan fingerprint density at radius 1 is 1.22 bits per heavy atom. The van der Waals surface area contributed by atoms with E-state index >= 15 is 0 Å². The number of carboxylic acid groups (broad SMARTS) is 1. The molecule has 4 heteroatoms. The summed E-state index contributed by atoms with van der Waals surface area (Å²) >= 11 is 0. The Kier molecular flexibility index (Phi) is 3.90. The van der Waals surface area contributed by atoms with Crippen LogP contribution in [0.1, 0.15) is 48.2 Å². The van der Waals surface area contributed by atoms with Crippen molar-refractivity contribution in [2.45, 2.75) is 33.1 Å². The van der Waals surface area contributed by atoms with E-state index in [4.69, 9.17) is 4.42 Å². The summed E-state index contributed by atoms with van der Waals surface area (Å²) < 4.78 is 5.77. The summed E-state index contributed by atoms with van der Waals surface area (Å²) in [7, 11) is 0. The van der Waals surface area contributed by atoms with Gasteiger partial charge in [-0.25, -0.2) is 9.78 Å². The Labute approximate surface area is 134 Å². The zero-order valence-electron chi connectivity index (χ0n) is 13.5. The third-order valence-corrected chi connectivity index (χ3v) is 4.03. The molecule has 118 valence electrons. The van der Waals surface area contributed by atoms with Crippen LogP contribution >= 0.6 is 0 Å². The van der Waals surface area contributed by atoms with E-state index in [1.807, 2.05) is 38.1 Å². The number of hydrogen-bond donors (Lipinski definition) is 1. The number of nitrogens with zero attached hydrogens (tertiary/aromatic N) is 1. The smallest absolute Gasteiger partial charge is 0.336 e. The molecule has 0 spiro atoms. The summed E-state index contributed by atoms with van der Waals surface area (Å²) in [6, 6.07) is 11.3. The molecule has 4 nitrogen and oxygen atoms in total. The molecule has 0 bridgehead atoms. The largest absolute Gasteiger partial charge is 0.478 e. The highest BCUT2D eigenvalue weighted by Crippen LogP contribution is 2.30. The van der Waals surface area contributed by atoms with E-state index in [1.54, 1.807) is 12.1 Å². The number of aromatic nitrogens is 1. The Morgan fingerprint density at radius 3 is 2.65 bits per heavy atom. The molecule has 0 aliphatic heterocycles. The number of rotatable bonds is 4. The van der Waals surface area contributed by atoms with E-state index in [0.717, 1.165) is 17.5 Å². The van der Waals surface area contributed by atoms with Gasteiger partial charge in [-0.2, -0.15) is 0 Å². The summed E-state index contributed by atoms with van der Waals surface area (Å²) in [5.74, 6) is -0.363. The number of benzene rings is 2. The molecule has 0 atom stereocenters. The third kappa shape index (κ3) is 2.84. The van der Waals surface area contributed by atoms with E-state index in [2.05, 4.69) is 11.9 Å². The highest BCUT2D eigenvalue weighted by atomic mass is 16.4. The molecule has 0 aliphatic carbocycles. The van der Waals surface area contributed by atoms with E-state index < -0.39 is 5.97 Å². The minimum absolute atomic E-state index is 0.221. The van der Waals surface area contributed by atoms with E-state index in [1.165, 1.54) is 5.56 Å². The molecule has 1 aromatic heterocycles. The molecule has 1 heterocycles. The Balaban J connectivity index is 2.15. The first-order valence-electron chi connectivity index (χ1n) is 7.76. The molecule has 0 radical (unpaired) electrons. The molecule has 0 unspecified atom stereocenters. The summed E-state index contributed by atoms with van der Waals surface area (Å²) in [6.45, 7) is 6.15. The van der Waals surface area contributed by atoms with Gasteiger partial charge in [0.1, 0.15) is 5.52 Å². The summed E-state index contributed by atoms with van der Waals surface area (Å²) in [6.07, 6.45) is 0.918. The summed E-state index contributed by atoms with van der Waals surface area (Å²) in [5, 5.41) is 9.52. The zero-order valence-corrected chi connectivity index (χ0v) is 13.5. The van der Waals surface area contributed by atoms with Crippen molar-refractivity contribution < 1.29 is 14.3 Å². The average Bonchev–Trinajstić information content (AvgIpc) is 2.96. The van der Waals surface area contributed by atoms with Crippen LogP contribution in [0.2, 0.25) is 0 Å². The molecule has 2 aromatic carbocycles. The van der Waals surface area contributed by atoms with Gasteiger partial charge >= 0.3 is 5.97 Å². The number of carboxylic acids is 1. The van der Waals surface area contributed by atoms with Crippen LogP contribution in [0.5, 0.6) is 0 Å². The lowest BCUT2D eigenvalue weighted by Crippen LogP contribution is -2.02. The van der Waals surface area contributed by atoms with Crippen LogP contribution in [0.15, 0.2) is 40.8 Å². The predicted molar refractivity (Wildman–Crippen MR) is 89.9 cm³/mol. The Bertz CT molecular complexity index is 877. The minimum Gasteiger partial charge on any atom is -0.478 e. The molecule has 0 saturated heterocycles. The molecular formula is C19H19NO3. The van der Waals surface area contributed by atoms with Gasteiger partial charge in [-0.3, -0.25) is 0 Å². The van der Waals surface area contributed by atoms with Gasteiger partial charge in [-0.1, -0.05) is 32.9 Å². The first-order valence-corrected chi connectivity index (χ1v) is 7.76. The maximum absolute atomic E-state index is 11.6. The minimum atomic E-state index is -0.973. The lowest BCUT2D eigenvalue weighted by atomic mass is 9.97. The van der Waals surface area contributed by atoms with Gasteiger partial charge < -0.3 is 9.52 Å². The SMILES string of the molecule is CCc1ccc2oc(-c3ccc(C(C)C)cc3C(=O)O)nc2c1. The highest BCUT2D eigenvalue weighted by molar-refractivity contribution is 5.95. The summed E-state index contributed by atoms with van der Waals surface area (Å²) in [5.41, 5.74) is 4.31. The predicted octanol–water partition coefficient (Wildman–Crippen LogP) is 4.88. The Hall–Kier alpha value is -2.62. The van der Waals surface area contributed by atoms with E-state index in [0.29, 0.717) is 17.0 Å².